The second-order valence-electron chi connectivity index (χ2n) is 8.70. The van der Waals surface area contributed by atoms with E-state index in [9.17, 15) is 9.59 Å². The average Bonchev–Trinajstić information content (AvgIpc) is 3.27. The first-order chi connectivity index (χ1) is 14.6. The van der Waals surface area contributed by atoms with Crippen molar-refractivity contribution in [2.24, 2.45) is 11.1 Å². The molecule has 166 valence electrons. The number of carbonyl (C=O) groups is 2. The standard InChI is InChI=1S/C22H30N6O2S/c1-22(2,3)14-27-18(23)17(20(29)26(4)21(27)30)19(31-5)24-13-15-7-9-16(10-8-15)28-12-6-11-25-28/h6-12,18,24H,13-14,23H2,1-5H3/b19-17-. The van der Waals surface area contributed by atoms with Crippen LogP contribution in [-0.2, 0) is 11.3 Å². The normalized spacial score (nSPS) is 19.1. The van der Waals surface area contributed by atoms with Crippen LogP contribution in [-0.4, -0.2) is 57.5 Å². The fourth-order valence-electron chi connectivity index (χ4n) is 3.42. The zero-order valence-corrected chi connectivity index (χ0v) is 19.4. The number of nitrogens with one attached hydrogen (secondary N) is 1. The molecule has 1 aliphatic rings. The number of amides is 3. The Kier molecular flexibility index (Phi) is 6.76. The summed E-state index contributed by atoms with van der Waals surface area (Å²) in [5, 5.41) is 8.25. The van der Waals surface area contributed by atoms with E-state index in [1.54, 1.807) is 15.8 Å². The molecule has 1 aromatic carbocycles. The SMILES string of the molecule is CS/C(NCc1ccc(-n2cccn2)cc1)=C1\C(=O)N(C)C(=O)N(CC(C)(C)C)C1N. The van der Waals surface area contributed by atoms with Gasteiger partial charge in [-0.1, -0.05) is 32.9 Å². The van der Waals surface area contributed by atoms with Crippen LogP contribution < -0.4 is 11.1 Å². The second kappa shape index (κ2) is 9.15. The highest BCUT2D eigenvalue weighted by Crippen LogP contribution is 2.28. The predicted octanol–water partition coefficient (Wildman–Crippen LogP) is 2.76. The molecule has 9 heteroatoms. The topological polar surface area (TPSA) is 96.5 Å². The molecule has 0 aliphatic carbocycles. The van der Waals surface area contributed by atoms with Gasteiger partial charge < -0.3 is 16.0 Å². The monoisotopic (exact) mass is 442 g/mol. The van der Waals surface area contributed by atoms with E-state index in [4.69, 9.17) is 5.73 Å². The number of aromatic nitrogens is 2. The minimum atomic E-state index is -0.799. The van der Waals surface area contributed by atoms with Crippen LogP contribution in [0.15, 0.2) is 53.3 Å². The molecule has 0 radical (unpaired) electrons. The molecule has 8 nitrogen and oxygen atoms in total. The Balaban J connectivity index is 1.81. The van der Waals surface area contributed by atoms with Crippen molar-refractivity contribution in [2.75, 3.05) is 19.8 Å². The number of imide groups is 1. The van der Waals surface area contributed by atoms with Crippen molar-refractivity contribution in [3.05, 3.63) is 58.9 Å². The summed E-state index contributed by atoms with van der Waals surface area (Å²) in [6.45, 7) is 7.08. The van der Waals surface area contributed by atoms with Gasteiger partial charge in [-0.25, -0.2) is 9.48 Å². The summed E-state index contributed by atoms with van der Waals surface area (Å²) in [5.41, 5.74) is 8.71. The number of rotatable bonds is 6. The fraction of sp³-hybridized carbons (Fsp3) is 0.409. The zero-order valence-electron chi connectivity index (χ0n) is 18.6. The Labute approximate surface area is 187 Å². The van der Waals surface area contributed by atoms with Gasteiger partial charge in [-0.05, 0) is 35.4 Å². The zero-order chi connectivity index (χ0) is 22.8. The van der Waals surface area contributed by atoms with Crippen LogP contribution in [0.5, 0.6) is 0 Å². The molecule has 3 amide bonds. The van der Waals surface area contributed by atoms with Crippen LogP contribution in [0.1, 0.15) is 26.3 Å². The fourth-order valence-corrected chi connectivity index (χ4v) is 4.06. The first-order valence-electron chi connectivity index (χ1n) is 10.1. The summed E-state index contributed by atoms with van der Waals surface area (Å²) >= 11 is 1.42. The predicted molar refractivity (Wildman–Crippen MR) is 123 cm³/mol. The molecule has 1 fully saturated rings. The van der Waals surface area contributed by atoms with Gasteiger partial charge >= 0.3 is 6.03 Å². The van der Waals surface area contributed by atoms with E-state index < -0.39 is 6.17 Å². The van der Waals surface area contributed by atoms with Gasteiger partial charge in [0.05, 0.1) is 16.3 Å². The van der Waals surface area contributed by atoms with Crippen molar-refractivity contribution < 1.29 is 9.59 Å². The van der Waals surface area contributed by atoms with E-state index in [1.807, 2.05) is 63.6 Å². The maximum atomic E-state index is 12.9. The molecule has 0 saturated carbocycles. The number of hydrogen-bond acceptors (Lipinski definition) is 6. The molecule has 1 aliphatic heterocycles. The first kappa shape index (κ1) is 22.9. The van der Waals surface area contributed by atoms with Crippen molar-refractivity contribution in [2.45, 2.75) is 33.5 Å². The maximum absolute atomic E-state index is 12.9. The van der Waals surface area contributed by atoms with Crippen LogP contribution in [0.3, 0.4) is 0 Å². The lowest BCUT2D eigenvalue weighted by molar-refractivity contribution is -0.126. The molecular weight excluding hydrogens is 412 g/mol. The Morgan fingerprint density at radius 3 is 2.45 bits per heavy atom. The lowest BCUT2D eigenvalue weighted by atomic mass is 9.95. The van der Waals surface area contributed by atoms with Gasteiger partial charge in [-0.3, -0.25) is 9.69 Å². The molecule has 3 rings (SSSR count). The van der Waals surface area contributed by atoms with E-state index in [0.717, 1.165) is 16.2 Å². The van der Waals surface area contributed by atoms with Crippen LogP contribution in [0.4, 0.5) is 4.79 Å². The number of benzene rings is 1. The van der Waals surface area contributed by atoms with Crippen LogP contribution in [0, 0.1) is 5.41 Å². The van der Waals surface area contributed by atoms with E-state index in [2.05, 4.69) is 10.4 Å². The van der Waals surface area contributed by atoms with Gasteiger partial charge in [0.25, 0.3) is 5.91 Å². The number of nitrogens with two attached hydrogens (primary N) is 1. The van der Waals surface area contributed by atoms with E-state index in [1.165, 1.54) is 18.8 Å². The molecular formula is C22H30N6O2S. The van der Waals surface area contributed by atoms with Gasteiger partial charge in [0.2, 0.25) is 0 Å². The van der Waals surface area contributed by atoms with Gasteiger partial charge in [0.1, 0.15) is 6.17 Å². The second-order valence-corrected chi connectivity index (χ2v) is 9.51. The molecule has 2 heterocycles. The van der Waals surface area contributed by atoms with Gasteiger partial charge in [-0.15, -0.1) is 11.8 Å². The number of urea groups is 1. The Bertz CT molecular complexity index is 963. The summed E-state index contributed by atoms with van der Waals surface area (Å²) in [7, 11) is 1.50. The molecule has 31 heavy (non-hydrogen) atoms. The van der Waals surface area contributed by atoms with Crippen LogP contribution in [0.25, 0.3) is 5.69 Å². The van der Waals surface area contributed by atoms with Crippen molar-refractivity contribution >= 4 is 23.7 Å². The summed E-state index contributed by atoms with van der Waals surface area (Å²) in [5.74, 6) is -0.367. The third-order valence-corrected chi connectivity index (χ3v) is 5.72. The van der Waals surface area contributed by atoms with E-state index in [-0.39, 0.29) is 17.4 Å². The van der Waals surface area contributed by atoms with Gasteiger partial charge in [0, 0.05) is 32.5 Å². The molecule has 1 saturated heterocycles. The average molecular weight is 443 g/mol. The molecule has 1 atom stereocenters. The number of carbonyl (C=O) groups excluding carboxylic acids is 2. The molecule has 1 unspecified atom stereocenters. The van der Waals surface area contributed by atoms with Crippen molar-refractivity contribution in [1.82, 2.24) is 24.9 Å². The van der Waals surface area contributed by atoms with Crippen molar-refractivity contribution in [1.29, 1.82) is 0 Å². The smallest absolute Gasteiger partial charge is 0.328 e. The summed E-state index contributed by atoms with van der Waals surface area (Å²) in [6, 6.07) is 9.51. The highest BCUT2D eigenvalue weighted by atomic mass is 32.2. The van der Waals surface area contributed by atoms with Crippen molar-refractivity contribution in [3.8, 4) is 5.69 Å². The maximum Gasteiger partial charge on any atom is 0.328 e. The Hall–Kier alpha value is -2.78. The quantitative estimate of drug-likeness (QED) is 0.668. The number of thioether (sulfide) groups is 1. The molecule has 0 spiro atoms. The molecule has 3 N–H and O–H groups in total. The van der Waals surface area contributed by atoms with E-state index >= 15 is 0 Å². The Morgan fingerprint density at radius 1 is 1.23 bits per heavy atom. The van der Waals surface area contributed by atoms with Crippen molar-refractivity contribution in [3.63, 3.8) is 0 Å². The summed E-state index contributed by atoms with van der Waals surface area (Å²) in [6.07, 6.45) is 4.72. The molecule has 2 aromatic rings. The lowest BCUT2D eigenvalue weighted by Crippen LogP contribution is -2.62. The Morgan fingerprint density at radius 2 is 1.90 bits per heavy atom. The number of hydrogen-bond donors (Lipinski definition) is 2. The van der Waals surface area contributed by atoms with Crippen LogP contribution in [0.2, 0.25) is 0 Å². The largest absolute Gasteiger partial charge is 0.375 e. The minimum Gasteiger partial charge on any atom is -0.375 e. The summed E-state index contributed by atoms with van der Waals surface area (Å²) in [4.78, 5) is 28.3. The minimum absolute atomic E-state index is 0.150. The third-order valence-electron chi connectivity index (χ3n) is 4.95. The first-order valence-corrected chi connectivity index (χ1v) is 11.3. The van der Waals surface area contributed by atoms with Gasteiger partial charge in [0.15, 0.2) is 0 Å². The summed E-state index contributed by atoms with van der Waals surface area (Å²) < 4.78 is 1.79. The van der Waals surface area contributed by atoms with Gasteiger partial charge in [-0.2, -0.15) is 5.10 Å². The van der Waals surface area contributed by atoms with Crippen LogP contribution >= 0.6 is 11.8 Å². The molecule has 1 aromatic heterocycles. The highest BCUT2D eigenvalue weighted by molar-refractivity contribution is 8.02. The number of likely N-dealkylation sites (N-methyl/N-ethyl adjacent to an activating group) is 1. The van der Waals surface area contributed by atoms with E-state index in [0.29, 0.717) is 23.7 Å². The molecule has 0 bridgehead atoms. The third kappa shape index (κ3) is 5.11. The lowest BCUT2D eigenvalue weighted by Gasteiger charge is -2.41. The highest BCUT2D eigenvalue weighted by Gasteiger charge is 2.42. The number of nitrogens with zero attached hydrogens (tertiary/aromatic N) is 4.